The number of hydrogen-bond acceptors (Lipinski definition) is 4. The number of benzene rings is 1. The van der Waals surface area contributed by atoms with E-state index in [1.165, 1.54) is 11.3 Å². The lowest BCUT2D eigenvalue weighted by Crippen LogP contribution is -2.26. The number of nitrogens with one attached hydrogen (secondary N) is 2. The molecule has 1 fully saturated rings. The van der Waals surface area contributed by atoms with E-state index in [0.717, 1.165) is 35.3 Å². The normalized spacial score (nSPS) is 14.5. The van der Waals surface area contributed by atoms with E-state index in [9.17, 15) is 13.2 Å². The number of rotatable bonds is 7. The minimum Gasteiger partial charge on any atom is -0.347 e. The molecule has 0 spiro atoms. The maximum atomic E-state index is 12.2. The number of aryl methyl sites for hydroxylation is 1. The smallest absolute Gasteiger partial charge is 0.261 e. The average molecular weight is 364 g/mol. The largest absolute Gasteiger partial charge is 0.347 e. The van der Waals surface area contributed by atoms with E-state index >= 15 is 0 Å². The Labute approximate surface area is 146 Å². The maximum Gasteiger partial charge on any atom is 0.261 e. The van der Waals surface area contributed by atoms with Crippen LogP contribution in [0.1, 0.15) is 40.6 Å². The van der Waals surface area contributed by atoms with Crippen LogP contribution in [0.3, 0.4) is 0 Å². The Kier molecular flexibility index (Phi) is 5.03. The first-order valence-corrected chi connectivity index (χ1v) is 10.3. The Hall–Kier alpha value is -1.70. The molecule has 1 saturated carbocycles. The molecule has 2 aromatic rings. The number of amides is 1. The van der Waals surface area contributed by atoms with Gasteiger partial charge >= 0.3 is 0 Å². The van der Waals surface area contributed by atoms with Crippen molar-refractivity contribution in [3.05, 3.63) is 51.7 Å². The summed E-state index contributed by atoms with van der Waals surface area (Å²) in [5, 5.41) is 4.80. The highest BCUT2D eigenvalue weighted by Crippen LogP contribution is 2.22. The minimum atomic E-state index is -3.43. The van der Waals surface area contributed by atoms with Gasteiger partial charge in [0.2, 0.25) is 10.0 Å². The summed E-state index contributed by atoms with van der Waals surface area (Å²) < 4.78 is 26.9. The molecule has 1 heterocycles. The molecule has 5 nitrogen and oxygen atoms in total. The van der Waals surface area contributed by atoms with Gasteiger partial charge < -0.3 is 5.32 Å². The average Bonchev–Trinajstić information content (AvgIpc) is 3.24. The third-order valence-corrected chi connectivity index (χ3v) is 6.41. The van der Waals surface area contributed by atoms with Crippen LogP contribution in [0.25, 0.3) is 0 Å². The molecule has 0 unspecified atom stereocenters. The van der Waals surface area contributed by atoms with Crippen molar-refractivity contribution in [2.45, 2.75) is 43.7 Å². The zero-order chi connectivity index (χ0) is 17.2. The van der Waals surface area contributed by atoms with E-state index in [0.29, 0.717) is 6.54 Å². The lowest BCUT2D eigenvalue weighted by molar-refractivity contribution is 0.0954. The summed E-state index contributed by atoms with van der Waals surface area (Å²) in [5.41, 5.74) is 1.91. The van der Waals surface area contributed by atoms with Crippen LogP contribution in [0.5, 0.6) is 0 Å². The Morgan fingerprint density at radius 1 is 1.21 bits per heavy atom. The van der Waals surface area contributed by atoms with E-state index in [4.69, 9.17) is 0 Å². The van der Waals surface area contributed by atoms with Crippen molar-refractivity contribution in [1.29, 1.82) is 0 Å². The topological polar surface area (TPSA) is 75.3 Å². The summed E-state index contributed by atoms with van der Waals surface area (Å²) in [6.45, 7) is 2.39. The fraction of sp³-hybridized carbons (Fsp3) is 0.353. The fourth-order valence-electron chi connectivity index (χ4n) is 2.35. The highest BCUT2D eigenvalue weighted by molar-refractivity contribution is 7.89. The van der Waals surface area contributed by atoms with Gasteiger partial charge in [0.05, 0.1) is 9.77 Å². The summed E-state index contributed by atoms with van der Waals surface area (Å²) >= 11 is 1.44. The molecule has 3 rings (SSSR count). The van der Waals surface area contributed by atoms with Gasteiger partial charge in [0.1, 0.15) is 0 Å². The van der Waals surface area contributed by atoms with E-state index in [1.807, 2.05) is 18.4 Å². The SMILES string of the molecule is CCc1ccsc1C(=O)NCc1ccc(S(=O)(=O)NC2CC2)cc1. The van der Waals surface area contributed by atoms with E-state index in [2.05, 4.69) is 10.0 Å². The number of thiophene rings is 1. The molecule has 0 saturated heterocycles. The van der Waals surface area contributed by atoms with Gasteiger partial charge in [0, 0.05) is 12.6 Å². The molecule has 1 aliphatic rings. The Morgan fingerprint density at radius 2 is 1.92 bits per heavy atom. The lowest BCUT2D eigenvalue weighted by atomic mass is 10.2. The van der Waals surface area contributed by atoms with Gasteiger partial charge in [-0.05, 0) is 54.0 Å². The van der Waals surface area contributed by atoms with Gasteiger partial charge in [-0.25, -0.2) is 13.1 Å². The lowest BCUT2D eigenvalue weighted by Gasteiger charge is -2.08. The number of hydrogen-bond donors (Lipinski definition) is 2. The third-order valence-electron chi connectivity index (χ3n) is 3.92. The summed E-state index contributed by atoms with van der Waals surface area (Å²) in [6.07, 6.45) is 2.64. The van der Waals surface area contributed by atoms with Crippen LogP contribution >= 0.6 is 11.3 Å². The molecule has 0 radical (unpaired) electrons. The van der Waals surface area contributed by atoms with Crippen molar-refractivity contribution in [1.82, 2.24) is 10.0 Å². The highest BCUT2D eigenvalue weighted by atomic mass is 32.2. The van der Waals surface area contributed by atoms with Gasteiger partial charge in [0.15, 0.2) is 0 Å². The summed E-state index contributed by atoms with van der Waals surface area (Å²) in [4.78, 5) is 13.2. The van der Waals surface area contributed by atoms with Crippen molar-refractivity contribution in [2.24, 2.45) is 0 Å². The van der Waals surface area contributed by atoms with Crippen molar-refractivity contribution < 1.29 is 13.2 Å². The van der Waals surface area contributed by atoms with Crippen LogP contribution < -0.4 is 10.0 Å². The van der Waals surface area contributed by atoms with Crippen LogP contribution in [0.15, 0.2) is 40.6 Å². The Bertz CT molecular complexity index is 822. The van der Waals surface area contributed by atoms with Crippen molar-refractivity contribution in [3.63, 3.8) is 0 Å². The molecule has 0 bridgehead atoms. The molecule has 1 aromatic heterocycles. The van der Waals surface area contributed by atoms with Crippen LogP contribution in [-0.4, -0.2) is 20.4 Å². The molecule has 7 heteroatoms. The highest BCUT2D eigenvalue weighted by Gasteiger charge is 2.27. The second-order valence-electron chi connectivity index (χ2n) is 5.85. The van der Waals surface area contributed by atoms with Crippen molar-refractivity contribution >= 4 is 27.3 Å². The first-order valence-electron chi connectivity index (χ1n) is 7.95. The minimum absolute atomic E-state index is 0.0889. The predicted molar refractivity (Wildman–Crippen MR) is 94.7 cm³/mol. The molecule has 0 atom stereocenters. The molecule has 24 heavy (non-hydrogen) atoms. The number of carbonyl (C=O) groups is 1. The molecule has 2 N–H and O–H groups in total. The van der Waals surface area contributed by atoms with Crippen LogP contribution in [-0.2, 0) is 23.0 Å². The van der Waals surface area contributed by atoms with Gasteiger partial charge in [-0.3, -0.25) is 4.79 Å². The predicted octanol–water partition coefficient (Wildman–Crippen LogP) is 2.68. The van der Waals surface area contributed by atoms with Gasteiger partial charge in [0.25, 0.3) is 5.91 Å². The van der Waals surface area contributed by atoms with Gasteiger partial charge in [-0.15, -0.1) is 11.3 Å². The van der Waals surface area contributed by atoms with Crippen molar-refractivity contribution in [2.75, 3.05) is 0 Å². The van der Waals surface area contributed by atoms with Crippen LogP contribution in [0.2, 0.25) is 0 Å². The quantitative estimate of drug-likeness (QED) is 0.793. The fourth-order valence-corrected chi connectivity index (χ4v) is 4.57. The second-order valence-corrected chi connectivity index (χ2v) is 8.48. The van der Waals surface area contributed by atoms with Crippen LogP contribution in [0.4, 0.5) is 0 Å². The zero-order valence-corrected chi connectivity index (χ0v) is 15.0. The Balaban J connectivity index is 1.61. The van der Waals surface area contributed by atoms with E-state index < -0.39 is 10.0 Å². The molecule has 1 aliphatic carbocycles. The zero-order valence-electron chi connectivity index (χ0n) is 13.4. The van der Waals surface area contributed by atoms with Crippen molar-refractivity contribution in [3.8, 4) is 0 Å². The van der Waals surface area contributed by atoms with E-state index in [-0.39, 0.29) is 16.8 Å². The maximum absolute atomic E-state index is 12.2. The molecule has 1 aromatic carbocycles. The molecular weight excluding hydrogens is 344 g/mol. The summed E-state index contributed by atoms with van der Waals surface area (Å²) in [6, 6.07) is 8.68. The standard InChI is InChI=1S/C17H20N2O3S2/c1-2-13-9-10-23-16(13)17(20)18-11-12-3-7-15(8-4-12)24(21,22)19-14-5-6-14/h3-4,7-10,14,19H,2,5-6,11H2,1H3,(H,18,20). The first-order chi connectivity index (χ1) is 11.5. The Morgan fingerprint density at radius 3 is 2.54 bits per heavy atom. The number of carbonyl (C=O) groups excluding carboxylic acids is 1. The van der Waals surface area contributed by atoms with Crippen LogP contribution in [0, 0.1) is 0 Å². The summed E-state index contributed by atoms with van der Waals surface area (Å²) in [7, 11) is -3.43. The molecule has 1 amide bonds. The number of sulfonamides is 1. The van der Waals surface area contributed by atoms with E-state index in [1.54, 1.807) is 24.3 Å². The van der Waals surface area contributed by atoms with Gasteiger partial charge in [-0.2, -0.15) is 0 Å². The third kappa shape index (κ3) is 4.03. The first kappa shape index (κ1) is 17.1. The second kappa shape index (κ2) is 7.04. The monoisotopic (exact) mass is 364 g/mol. The molecule has 128 valence electrons. The van der Waals surface area contributed by atoms with Gasteiger partial charge in [-0.1, -0.05) is 19.1 Å². The molecule has 0 aliphatic heterocycles. The molecular formula is C17H20N2O3S2. The summed E-state index contributed by atoms with van der Waals surface area (Å²) in [5.74, 6) is -0.0889.